The monoisotopic (exact) mass is 352 g/mol. The summed E-state index contributed by atoms with van der Waals surface area (Å²) in [5.74, 6) is -29.8. The Bertz CT molecular complexity index is 387. The molecule has 0 bridgehead atoms. The highest BCUT2D eigenvalue weighted by molar-refractivity contribution is 5.21. The van der Waals surface area contributed by atoms with Gasteiger partial charge in [-0.05, 0) is 0 Å². The summed E-state index contributed by atoms with van der Waals surface area (Å²) in [5.41, 5.74) is 0. The number of halogens is 14. The van der Waals surface area contributed by atoms with Gasteiger partial charge in [-0.25, -0.2) is 17.6 Å². The van der Waals surface area contributed by atoms with Crippen LogP contribution in [0.5, 0.6) is 0 Å². The van der Waals surface area contributed by atoms with E-state index < -0.39 is 42.0 Å². The molecule has 0 radical (unpaired) electrons. The van der Waals surface area contributed by atoms with Crippen LogP contribution in [0, 0.1) is 0 Å². The molecule has 0 aliphatic rings. The van der Waals surface area contributed by atoms with Crippen molar-refractivity contribution < 1.29 is 61.8 Å². The van der Waals surface area contributed by atoms with Gasteiger partial charge in [0.2, 0.25) is 11.7 Å². The van der Waals surface area contributed by atoms with Gasteiger partial charge in [0.25, 0.3) is 0 Å². The van der Waals surface area contributed by atoms with Crippen LogP contribution in [0.3, 0.4) is 0 Å². The van der Waals surface area contributed by atoms with Gasteiger partial charge in [0.15, 0.2) is 0 Å². The molecule has 0 fully saturated rings. The molecule has 0 atom stereocenters. The first kappa shape index (κ1) is 22.0. The van der Waals surface area contributed by atoms with Gasteiger partial charge in [-0.2, -0.15) is 39.5 Å². The highest BCUT2D eigenvalue weighted by Gasteiger charge is 2.70. The maximum Gasteiger partial charge on any atom is 0.460 e. The highest BCUT2D eigenvalue weighted by Crippen LogP contribution is 2.50. The molecule has 0 nitrogen and oxygen atoms in total. The third-order valence-corrected chi connectivity index (χ3v) is 1.79. The Morgan fingerprint density at radius 1 is 0.619 bits per heavy atom. The molecular formula is C7H2F14. The Kier molecular flexibility index (Phi) is 6.16. The second-order valence-electron chi connectivity index (χ2n) is 3.20. The summed E-state index contributed by atoms with van der Waals surface area (Å²) in [6.07, 6.45) is -12.3. The fourth-order valence-electron chi connectivity index (χ4n) is 0.683. The zero-order chi connectivity index (χ0) is 16.7. The largest absolute Gasteiger partial charge is 0.460 e. The van der Waals surface area contributed by atoms with Gasteiger partial charge < -0.3 is 0 Å². The smallest absolute Gasteiger partial charge is 0.269 e. The summed E-state index contributed by atoms with van der Waals surface area (Å²) in [6, 6.07) is 0. The zero-order valence-corrected chi connectivity index (χ0v) is 8.90. The molecule has 0 aromatic heterocycles. The van der Waals surface area contributed by atoms with Gasteiger partial charge in [-0.15, -0.1) is 0 Å². The standard InChI is InChI=1S/C7HF13.FH/c8-1(2(9)5(14,15)7(18,19)20)4(12,13)6(16,17)3(10)11;/h3H;1H. The minimum atomic E-state index is -6.94. The first-order valence-corrected chi connectivity index (χ1v) is 4.05. The van der Waals surface area contributed by atoms with Gasteiger partial charge >= 0.3 is 30.4 Å². The molecule has 14 heteroatoms. The van der Waals surface area contributed by atoms with E-state index in [4.69, 9.17) is 0 Å². The fraction of sp³-hybridized carbons (Fsp3) is 0.714. The minimum absolute atomic E-state index is 0. The number of hydrogen-bond acceptors (Lipinski definition) is 0. The van der Waals surface area contributed by atoms with E-state index in [9.17, 15) is 57.1 Å². The normalized spacial score (nSPS) is 15.7. The highest BCUT2D eigenvalue weighted by atomic mass is 19.4. The summed E-state index contributed by atoms with van der Waals surface area (Å²) in [4.78, 5) is 0. The maximum atomic E-state index is 12.4. The Morgan fingerprint density at radius 2 is 0.905 bits per heavy atom. The lowest BCUT2D eigenvalue weighted by atomic mass is 10.1. The van der Waals surface area contributed by atoms with Crippen molar-refractivity contribution in [3.05, 3.63) is 11.7 Å². The molecule has 0 unspecified atom stereocenters. The van der Waals surface area contributed by atoms with Crippen molar-refractivity contribution in [2.24, 2.45) is 0 Å². The lowest BCUT2D eigenvalue weighted by Gasteiger charge is -2.26. The van der Waals surface area contributed by atoms with Crippen molar-refractivity contribution in [1.82, 2.24) is 0 Å². The molecule has 0 aliphatic heterocycles. The molecule has 0 rings (SSSR count). The predicted octanol–water partition coefficient (Wildman–Crippen LogP) is 5.02. The van der Waals surface area contributed by atoms with E-state index in [0.717, 1.165) is 0 Å². The Labute approximate surface area is 105 Å². The molecule has 0 heterocycles. The van der Waals surface area contributed by atoms with Gasteiger partial charge in [-0.1, -0.05) is 0 Å². The van der Waals surface area contributed by atoms with Crippen molar-refractivity contribution in [2.45, 2.75) is 30.4 Å². The van der Waals surface area contributed by atoms with Crippen LogP contribution in [0.2, 0.25) is 0 Å². The van der Waals surface area contributed by atoms with Gasteiger partial charge in [0.1, 0.15) is 0 Å². The Balaban J connectivity index is 0. The van der Waals surface area contributed by atoms with Crippen molar-refractivity contribution in [3.8, 4) is 0 Å². The molecule has 128 valence electrons. The average Bonchev–Trinajstić information content (AvgIpc) is 2.24. The summed E-state index contributed by atoms with van der Waals surface area (Å²) in [7, 11) is 0. The van der Waals surface area contributed by atoms with E-state index in [1.54, 1.807) is 0 Å². The van der Waals surface area contributed by atoms with Crippen LogP contribution >= 0.6 is 0 Å². The van der Waals surface area contributed by atoms with E-state index in [2.05, 4.69) is 0 Å². The SMILES string of the molecule is F.FC(=C(F)C(F)(F)C(F)(F)C(F)F)C(F)(F)C(F)(F)F. The molecule has 0 saturated carbocycles. The molecule has 0 amide bonds. The molecule has 0 saturated heterocycles. The summed E-state index contributed by atoms with van der Waals surface area (Å²) >= 11 is 0. The van der Waals surface area contributed by atoms with E-state index in [0.29, 0.717) is 0 Å². The average molecular weight is 352 g/mol. The number of rotatable bonds is 4. The van der Waals surface area contributed by atoms with Crippen molar-refractivity contribution in [2.75, 3.05) is 0 Å². The summed E-state index contributed by atoms with van der Waals surface area (Å²) in [6.45, 7) is 0. The van der Waals surface area contributed by atoms with Crippen molar-refractivity contribution >= 4 is 0 Å². The zero-order valence-electron chi connectivity index (χ0n) is 8.90. The molecule has 0 N–H and O–H groups in total. The third-order valence-electron chi connectivity index (χ3n) is 1.79. The van der Waals surface area contributed by atoms with Crippen LogP contribution < -0.4 is 0 Å². The Morgan fingerprint density at radius 3 is 1.14 bits per heavy atom. The van der Waals surface area contributed by atoms with Crippen LogP contribution in [-0.2, 0) is 0 Å². The molecule has 0 spiro atoms. The van der Waals surface area contributed by atoms with Gasteiger partial charge in [-0.3, -0.25) is 4.70 Å². The minimum Gasteiger partial charge on any atom is -0.269 e. The summed E-state index contributed by atoms with van der Waals surface area (Å²) in [5, 5.41) is 0. The Hall–Kier alpha value is -1.24. The fourth-order valence-corrected chi connectivity index (χ4v) is 0.683. The van der Waals surface area contributed by atoms with Crippen LogP contribution in [-0.4, -0.2) is 30.4 Å². The predicted molar refractivity (Wildman–Crippen MR) is 38.6 cm³/mol. The van der Waals surface area contributed by atoms with E-state index in [1.165, 1.54) is 0 Å². The molecular weight excluding hydrogens is 350 g/mol. The molecule has 21 heavy (non-hydrogen) atoms. The van der Waals surface area contributed by atoms with E-state index >= 15 is 0 Å². The number of hydrogen-bond donors (Lipinski definition) is 0. The van der Waals surface area contributed by atoms with Crippen molar-refractivity contribution in [1.29, 1.82) is 0 Å². The van der Waals surface area contributed by atoms with Crippen LogP contribution in [0.25, 0.3) is 0 Å². The maximum absolute atomic E-state index is 12.4. The van der Waals surface area contributed by atoms with Gasteiger partial charge in [0.05, 0.1) is 0 Å². The first-order valence-electron chi connectivity index (χ1n) is 4.05. The quantitative estimate of drug-likeness (QED) is 0.623. The second kappa shape index (κ2) is 5.87. The molecule has 0 aliphatic carbocycles. The topological polar surface area (TPSA) is 0 Å². The lowest BCUT2D eigenvalue weighted by molar-refractivity contribution is -0.277. The van der Waals surface area contributed by atoms with E-state index in [-0.39, 0.29) is 4.70 Å². The third kappa shape index (κ3) is 3.51. The molecule has 0 aromatic carbocycles. The number of alkyl halides is 11. The van der Waals surface area contributed by atoms with Crippen LogP contribution in [0.1, 0.15) is 0 Å². The number of allylic oxidation sites excluding steroid dienone is 2. The first-order chi connectivity index (χ1) is 8.51. The van der Waals surface area contributed by atoms with E-state index in [1.807, 2.05) is 0 Å². The molecule has 0 aromatic rings. The van der Waals surface area contributed by atoms with Crippen LogP contribution in [0.4, 0.5) is 61.8 Å². The second-order valence-corrected chi connectivity index (χ2v) is 3.20. The van der Waals surface area contributed by atoms with Crippen molar-refractivity contribution in [3.63, 3.8) is 0 Å². The lowest BCUT2D eigenvalue weighted by Crippen LogP contribution is -2.48. The van der Waals surface area contributed by atoms with Crippen LogP contribution in [0.15, 0.2) is 11.7 Å². The summed E-state index contributed by atoms with van der Waals surface area (Å²) < 4.78 is 156. The van der Waals surface area contributed by atoms with Gasteiger partial charge in [0, 0.05) is 0 Å².